The molecule has 104 valence electrons. The molecule has 0 fully saturated rings. The van der Waals surface area contributed by atoms with Crippen molar-refractivity contribution in [3.63, 3.8) is 0 Å². The summed E-state index contributed by atoms with van der Waals surface area (Å²) in [6.45, 7) is 9.13. The van der Waals surface area contributed by atoms with Crippen LogP contribution >= 0.6 is 0 Å². The van der Waals surface area contributed by atoms with Crippen LogP contribution in [0.15, 0.2) is 0 Å². The van der Waals surface area contributed by atoms with E-state index < -0.39 is 20.5 Å². The second-order valence-corrected chi connectivity index (χ2v) is 10.2. The minimum atomic E-state index is -4.18. The Morgan fingerprint density at radius 1 is 1.24 bits per heavy atom. The average molecular weight is 271 g/mol. The van der Waals surface area contributed by atoms with Crippen molar-refractivity contribution in [2.24, 2.45) is 0 Å². The fourth-order valence-electron chi connectivity index (χ4n) is 1.27. The third-order valence-electron chi connectivity index (χ3n) is 3.58. The average Bonchev–Trinajstić information content (AvgIpc) is 2.08. The molecule has 0 amide bonds. The van der Waals surface area contributed by atoms with Crippen molar-refractivity contribution in [1.82, 2.24) is 5.32 Å². The third kappa shape index (κ3) is 5.88. The highest BCUT2D eigenvalue weighted by molar-refractivity contribution is 6.72. The summed E-state index contributed by atoms with van der Waals surface area (Å²) in [6.07, 6.45) is -2.80. The maximum atomic E-state index is 12.2. The molecular formula is C11H24F3NOSi. The Labute approximate surface area is 103 Å². The highest BCUT2D eigenvalue weighted by Crippen LogP contribution is 2.39. The van der Waals surface area contributed by atoms with Crippen molar-refractivity contribution >= 4 is 8.32 Å². The van der Waals surface area contributed by atoms with E-state index in [2.05, 4.69) is 5.32 Å². The van der Waals surface area contributed by atoms with Crippen molar-refractivity contribution in [1.29, 1.82) is 0 Å². The van der Waals surface area contributed by atoms with Gasteiger partial charge in [0.15, 0.2) is 8.32 Å². The van der Waals surface area contributed by atoms with E-state index in [9.17, 15) is 18.0 Å². The van der Waals surface area contributed by atoms with E-state index in [4.69, 9.17) is 0 Å². The molecule has 0 aromatic rings. The van der Waals surface area contributed by atoms with Gasteiger partial charge in [0, 0.05) is 0 Å². The van der Waals surface area contributed by atoms with Crippen molar-refractivity contribution in [3.05, 3.63) is 0 Å². The van der Waals surface area contributed by atoms with Gasteiger partial charge < -0.3 is 10.1 Å². The minimum Gasteiger partial charge on any atom is -0.432 e. The summed E-state index contributed by atoms with van der Waals surface area (Å²) in [4.78, 5) is 10.0. The van der Waals surface area contributed by atoms with Crippen LogP contribution in [0.5, 0.6) is 0 Å². The van der Waals surface area contributed by atoms with Gasteiger partial charge in [0.25, 0.3) is 0 Å². The molecule has 0 rings (SSSR count). The lowest BCUT2D eigenvalue weighted by Gasteiger charge is -2.35. The molecule has 0 bridgehead atoms. The van der Waals surface area contributed by atoms with Gasteiger partial charge in [-0.3, -0.25) is 0 Å². The van der Waals surface area contributed by atoms with Crippen LogP contribution < -0.4 is 5.32 Å². The summed E-state index contributed by atoms with van der Waals surface area (Å²) in [6, 6.07) is -1.47. The maximum absolute atomic E-state index is 12.2. The monoisotopic (exact) mass is 271 g/mol. The molecule has 0 aliphatic rings. The smallest absolute Gasteiger partial charge is 0.403 e. The minimum absolute atomic E-state index is 0.170. The van der Waals surface area contributed by atoms with E-state index in [0.29, 0.717) is 13.0 Å². The van der Waals surface area contributed by atoms with Crippen LogP contribution in [0.4, 0.5) is 13.2 Å². The molecule has 0 aromatic carbocycles. The first-order chi connectivity index (χ1) is 7.38. The lowest BCUT2D eigenvalue weighted by molar-refractivity contribution is -0.151. The highest BCUT2D eigenvalue weighted by Gasteiger charge is 2.38. The second kappa shape index (κ2) is 5.71. The van der Waals surface area contributed by atoms with Crippen molar-refractivity contribution in [3.8, 4) is 0 Å². The summed E-state index contributed by atoms with van der Waals surface area (Å²) in [7, 11) is -2.25. The van der Waals surface area contributed by atoms with Gasteiger partial charge in [0.1, 0.15) is 6.04 Å². The molecule has 0 spiro atoms. The summed E-state index contributed by atoms with van der Waals surface area (Å²) in [5.74, 6) is 0. The van der Waals surface area contributed by atoms with E-state index in [1.165, 1.54) is 0 Å². The molecule has 0 aliphatic heterocycles. The largest absolute Gasteiger partial charge is 0.432 e. The van der Waals surface area contributed by atoms with Gasteiger partial charge in [-0.2, -0.15) is 13.2 Å². The van der Waals surface area contributed by atoms with Crippen LogP contribution in [0.2, 0.25) is 18.1 Å². The predicted molar refractivity (Wildman–Crippen MR) is 66.5 cm³/mol. The zero-order valence-electron chi connectivity index (χ0n) is 11.3. The Bertz CT molecular complexity index is 236. The molecule has 0 radical (unpaired) electrons. The predicted octanol–water partition coefficient (Wildman–Crippen LogP) is 3.28. The van der Waals surface area contributed by atoms with Gasteiger partial charge in [-0.05, 0) is 44.4 Å². The fraction of sp³-hybridized carbons (Fsp3) is 1.00. The summed E-state index contributed by atoms with van der Waals surface area (Å²) in [5, 5.41) is 2.28. The van der Waals surface area contributed by atoms with E-state index in [1.807, 2.05) is 26.9 Å². The van der Waals surface area contributed by atoms with Gasteiger partial charge in [0.2, 0.25) is 0 Å². The van der Waals surface area contributed by atoms with Crippen molar-refractivity contribution in [2.75, 3.05) is 6.54 Å². The highest BCUT2D eigenvalue weighted by atomic mass is 28.4. The number of halogens is 3. The van der Waals surface area contributed by atoms with Gasteiger partial charge in [0.05, 0.1) is 0 Å². The molecule has 1 unspecified atom stereocenters. The molecule has 17 heavy (non-hydrogen) atoms. The maximum Gasteiger partial charge on any atom is 0.403 e. The topological polar surface area (TPSA) is 32.3 Å². The first-order valence-electron chi connectivity index (χ1n) is 5.90. The Morgan fingerprint density at radius 3 is 2.06 bits per heavy atom. The van der Waals surface area contributed by atoms with E-state index >= 15 is 0 Å². The normalized spacial score (nSPS) is 16.1. The van der Waals surface area contributed by atoms with Gasteiger partial charge in [-0.25, -0.2) is 0 Å². The SMILES string of the molecule is CC(NCCCC(C)(C)[Si](C)(C)O)C(F)(F)F. The lowest BCUT2D eigenvalue weighted by Crippen LogP contribution is -2.41. The van der Waals surface area contributed by atoms with Crippen LogP contribution in [0.25, 0.3) is 0 Å². The summed E-state index contributed by atoms with van der Waals surface area (Å²) < 4.78 is 36.6. The van der Waals surface area contributed by atoms with Crippen LogP contribution in [0.3, 0.4) is 0 Å². The van der Waals surface area contributed by atoms with Crippen molar-refractivity contribution < 1.29 is 18.0 Å². The molecule has 0 aromatic heterocycles. The molecule has 0 saturated carbocycles. The zero-order valence-corrected chi connectivity index (χ0v) is 12.3. The van der Waals surface area contributed by atoms with E-state index in [-0.39, 0.29) is 5.04 Å². The lowest BCUT2D eigenvalue weighted by atomic mass is 10.1. The first-order valence-corrected chi connectivity index (χ1v) is 8.85. The van der Waals surface area contributed by atoms with Gasteiger partial charge in [-0.15, -0.1) is 0 Å². The molecule has 0 aliphatic carbocycles. The first kappa shape index (κ1) is 16.9. The molecule has 1 atom stereocenters. The Balaban J connectivity index is 3.95. The number of nitrogens with one attached hydrogen (secondary N) is 1. The fourth-order valence-corrected chi connectivity index (χ4v) is 2.06. The van der Waals surface area contributed by atoms with Crippen LogP contribution in [0.1, 0.15) is 33.6 Å². The Kier molecular flexibility index (Phi) is 5.69. The van der Waals surface area contributed by atoms with Gasteiger partial charge in [-0.1, -0.05) is 13.8 Å². The van der Waals surface area contributed by atoms with E-state index in [0.717, 1.165) is 13.3 Å². The number of rotatable bonds is 6. The van der Waals surface area contributed by atoms with Crippen LogP contribution in [0, 0.1) is 0 Å². The Hall–Kier alpha value is -0.0731. The molecular weight excluding hydrogens is 247 g/mol. The molecule has 0 saturated heterocycles. The number of alkyl halides is 3. The van der Waals surface area contributed by atoms with Crippen LogP contribution in [-0.2, 0) is 0 Å². The van der Waals surface area contributed by atoms with Crippen molar-refractivity contribution in [2.45, 2.75) is 64.0 Å². The van der Waals surface area contributed by atoms with Crippen LogP contribution in [-0.4, -0.2) is 31.9 Å². The van der Waals surface area contributed by atoms with Gasteiger partial charge >= 0.3 is 6.18 Å². The quantitative estimate of drug-likeness (QED) is 0.574. The summed E-state index contributed by atoms with van der Waals surface area (Å²) >= 11 is 0. The zero-order chi connectivity index (χ0) is 13.9. The second-order valence-electron chi connectivity index (χ2n) is 5.76. The third-order valence-corrected chi connectivity index (χ3v) is 7.14. The Morgan fingerprint density at radius 2 is 1.71 bits per heavy atom. The molecule has 2 nitrogen and oxygen atoms in total. The number of hydrogen-bond donors (Lipinski definition) is 2. The standard InChI is InChI=1S/C11H24F3NOSi/c1-9(11(12,13)14)15-8-6-7-10(2,3)17(4,5)16/h9,15-16H,6-8H2,1-5H3. The number of hydrogen-bond acceptors (Lipinski definition) is 2. The summed E-state index contributed by atoms with van der Waals surface area (Å²) in [5.41, 5.74) is 0. The van der Waals surface area contributed by atoms with E-state index in [1.54, 1.807) is 0 Å². The molecule has 6 heteroatoms. The molecule has 2 N–H and O–H groups in total. The molecule has 0 heterocycles.